The van der Waals surface area contributed by atoms with Gasteiger partial charge in [-0.2, -0.15) is 0 Å². The Balaban J connectivity index is 1.27. The molecule has 1 amide bonds. The molecule has 0 fully saturated rings. The summed E-state index contributed by atoms with van der Waals surface area (Å²) in [6, 6.07) is 19.4. The molecule has 6 rings (SSSR count). The predicted molar refractivity (Wildman–Crippen MR) is 147 cm³/mol. The minimum absolute atomic E-state index is 0.103. The van der Waals surface area contributed by atoms with Crippen LogP contribution in [-0.2, 0) is 4.79 Å². The number of carbonyl (C=O) groups excluding carboxylic acids is 1. The molecule has 6 aromatic rings. The van der Waals surface area contributed by atoms with Crippen molar-refractivity contribution in [2.75, 3.05) is 18.2 Å². The first kappa shape index (κ1) is 23.7. The number of hydrogen-bond donors (Lipinski definition) is 1. The summed E-state index contributed by atoms with van der Waals surface area (Å²) in [6.45, 7) is 2.02. The van der Waals surface area contributed by atoms with Gasteiger partial charge in [-0.15, -0.1) is 10.2 Å². The maximum absolute atomic E-state index is 13.0. The molecule has 0 saturated heterocycles. The summed E-state index contributed by atoms with van der Waals surface area (Å²) in [5, 5.41) is 14.1. The number of carbonyl (C=O) groups is 1. The van der Waals surface area contributed by atoms with E-state index in [1.54, 1.807) is 31.8 Å². The van der Waals surface area contributed by atoms with E-state index in [1.165, 1.54) is 11.8 Å². The number of nitrogens with one attached hydrogen (secondary N) is 1. The molecule has 0 spiro atoms. The van der Waals surface area contributed by atoms with Gasteiger partial charge in [0.2, 0.25) is 5.91 Å². The van der Waals surface area contributed by atoms with Gasteiger partial charge in [0.25, 0.3) is 0 Å². The van der Waals surface area contributed by atoms with Gasteiger partial charge >= 0.3 is 0 Å². The maximum atomic E-state index is 13.0. The Morgan fingerprint density at radius 2 is 1.87 bits per heavy atom. The molecular weight excluding hydrogens is 500 g/mol. The normalized spacial score (nSPS) is 11.2. The molecule has 0 unspecified atom stereocenters. The van der Waals surface area contributed by atoms with Crippen molar-refractivity contribution in [2.24, 2.45) is 0 Å². The summed E-state index contributed by atoms with van der Waals surface area (Å²) in [6.07, 6.45) is 4.85. The van der Waals surface area contributed by atoms with Crippen LogP contribution in [0.4, 0.5) is 5.69 Å². The average Bonchev–Trinajstić information content (AvgIpc) is 3.53. The van der Waals surface area contributed by atoms with Gasteiger partial charge in [-0.05, 0) is 31.2 Å². The average molecular weight is 523 g/mol. The lowest BCUT2D eigenvalue weighted by Gasteiger charge is -2.12. The number of ether oxygens (including phenoxy) is 1. The second-order valence-electron chi connectivity index (χ2n) is 8.55. The summed E-state index contributed by atoms with van der Waals surface area (Å²) in [5.74, 6) is 0.978. The fraction of sp³-hybridized carbons (Fsp3) is 0.107. The van der Waals surface area contributed by atoms with Crippen LogP contribution >= 0.6 is 11.8 Å². The number of hydrogen-bond acceptors (Lipinski definition) is 8. The molecule has 0 bridgehead atoms. The van der Waals surface area contributed by atoms with E-state index in [0.717, 1.165) is 27.6 Å². The molecule has 0 aliphatic heterocycles. The molecule has 0 atom stereocenters. The Kier molecular flexibility index (Phi) is 6.22. The van der Waals surface area contributed by atoms with Gasteiger partial charge in [0.15, 0.2) is 11.0 Å². The highest BCUT2D eigenvalue weighted by molar-refractivity contribution is 7.99. The number of anilines is 1. The van der Waals surface area contributed by atoms with Crippen molar-refractivity contribution in [3.63, 3.8) is 0 Å². The zero-order chi connectivity index (χ0) is 26.1. The number of para-hydroxylation sites is 1. The van der Waals surface area contributed by atoms with Crippen molar-refractivity contribution < 1.29 is 13.9 Å². The number of nitrogens with zero attached hydrogens (tertiary/aromatic N) is 5. The van der Waals surface area contributed by atoms with E-state index >= 15 is 0 Å². The van der Waals surface area contributed by atoms with Gasteiger partial charge in [0.05, 0.1) is 24.7 Å². The highest BCUT2D eigenvalue weighted by atomic mass is 32.2. The van der Waals surface area contributed by atoms with E-state index in [4.69, 9.17) is 9.15 Å². The summed E-state index contributed by atoms with van der Waals surface area (Å²) in [5.41, 5.74) is 4.55. The van der Waals surface area contributed by atoms with E-state index in [9.17, 15) is 4.79 Å². The molecule has 3 aromatic heterocycles. The summed E-state index contributed by atoms with van der Waals surface area (Å²) in [7, 11) is 1.58. The monoisotopic (exact) mass is 522 g/mol. The summed E-state index contributed by atoms with van der Waals surface area (Å²) in [4.78, 5) is 21.6. The Hall–Kier alpha value is -4.70. The van der Waals surface area contributed by atoms with Crippen molar-refractivity contribution in [1.29, 1.82) is 0 Å². The van der Waals surface area contributed by atoms with Gasteiger partial charge in [0.1, 0.15) is 22.6 Å². The lowest BCUT2D eigenvalue weighted by Crippen LogP contribution is -2.15. The molecule has 1 N–H and O–H groups in total. The van der Waals surface area contributed by atoms with Crippen molar-refractivity contribution in [3.05, 3.63) is 84.8 Å². The number of amides is 1. The number of fused-ring (bicyclic) bond motifs is 3. The maximum Gasteiger partial charge on any atom is 0.234 e. The molecule has 0 aliphatic carbocycles. The smallest absolute Gasteiger partial charge is 0.234 e. The second kappa shape index (κ2) is 9.98. The topological polar surface area (TPSA) is 108 Å². The van der Waals surface area contributed by atoms with E-state index in [-0.39, 0.29) is 11.7 Å². The minimum atomic E-state index is -0.219. The van der Waals surface area contributed by atoms with Gasteiger partial charge in [0, 0.05) is 34.9 Å². The SMILES string of the molecule is COc1cc2c(cc1NC(=O)CSc1nnc(-c3cnccn3)n1-c1ccc(C)cc1)oc1ccccc12. The highest BCUT2D eigenvalue weighted by Crippen LogP contribution is 2.36. The number of furan rings is 1. The van der Waals surface area contributed by atoms with E-state index in [2.05, 4.69) is 25.5 Å². The number of thioether (sulfide) groups is 1. The van der Waals surface area contributed by atoms with Crippen molar-refractivity contribution in [3.8, 4) is 23.0 Å². The van der Waals surface area contributed by atoms with Crippen molar-refractivity contribution in [2.45, 2.75) is 12.1 Å². The van der Waals surface area contributed by atoms with E-state index in [1.807, 2.05) is 66.1 Å². The lowest BCUT2D eigenvalue weighted by molar-refractivity contribution is -0.113. The minimum Gasteiger partial charge on any atom is -0.495 e. The van der Waals surface area contributed by atoms with Crippen LogP contribution in [0.25, 0.3) is 39.1 Å². The fourth-order valence-electron chi connectivity index (χ4n) is 4.20. The third-order valence-corrected chi connectivity index (χ3v) is 6.95. The summed E-state index contributed by atoms with van der Waals surface area (Å²) < 4.78 is 13.4. The van der Waals surface area contributed by atoms with Crippen molar-refractivity contribution >= 4 is 45.3 Å². The number of benzene rings is 3. The second-order valence-corrected chi connectivity index (χ2v) is 9.49. The fourth-order valence-corrected chi connectivity index (χ4v) is 4.96. The van der Waals surface area contributed by atoms with Crippen LogP contribution in [0.15, 0.2) is 88.8 Å². The number of aromatic nitrogens is 5. The quantitative estimate of drug-likeness (QED) is 0.267. The Bertz CT molecular complexity index is 1760. The summed E-state index contributed by atoms with van der Waals surface area (Å²) >= 11 is 1.27. The van der Waals surface area contributed by atoms with Gasteiger partial charge in [-0.25, -0.2) is 4.98 Å². The number of methoxy groups -OCH3 is 1. The zero-order valence-corrected chi connectivity index (χ0v) is 21.4. The van der Waals surface area contributed by atoms with E-state index in [0.29, 0.717) is 33.7 Å². The van der Waals surface area contributed by atoms with Crippen LogP contribution in [0.2, 0.25) is 0 Å². The Labute approximate surface area is 221 Å². The first-order chi connectivity index (χ1) is 18.6. The van der Waals surface area contributed by atoms with Crippen molar-refractivity contribution in [1.82, 2.24) is 24.7 Å². The predicted octanol–water partition coefficient (Wildman–Crippen LogP) is 5.67. The standard InChI is InChI=1S/C28H22N6O3S/c1-17-7-9-18(10-8-17)34-27(22-15-29-11-12-30-22)32-33-28(34)38-16-26(35)31-21-14-24-20(13-25(21)36-2)19-5-3-4-6-23(19)37-24/h3-15H,16H2,1-2H3,(H,31,35). The van der Waals surface area contributed by atoms with Crippen LogP contribution < -0.4 is 10.1 Å². The zero-order valence-electron chi connectivity index (χ0n) is 20.6. The molecule has 38 heavy (non-hydrogen) atoms. The molecule has 9 nitrogen and oxygen atoms in total. The van der Waals surface area contributed by atoms with Gasteiger partial charge in [-0.3, -0.25) is 14.3 Å². The molecule has 0 saturated carbocycles. The molecule has 188 valence electrons. The molecule has 10 heteroatoms. The third-order valence-electron chi connectivity index (χ3n) is 6.02. The Morgan fingerprint density at radius 1 is 1.03 bits per heavy atom. The molecule has 3 heterocycles. The van der Waals surface area contributed by atoms with Crippen LogP contribution in [0.5, 0.6) is 5.75 Å². The molecular formula is C28H22N6O3S. The van der Waals surface area contributed by atoms with Gasteiger partial charge < -0.3 is 14.5 Å². The van der Waals surface area contributed by atoms with Gasteiger partial charge in [-0.1, -0.05) is 47.7 Å². The number of aryl methyl sites for hydroxylation is 1. The Morgan fingerprint density at radius 3 is 2.66 bits per heavy atom. The molecule has 3 aromatic carbocycles. The third kappa shape index (κ3) is 4.46. The molecule has 0 aliphatic rings. The van der Waals surface area contributed by atoms with Crippen LogP contribution in [0, 0.1) is 6.92 Å². The first-order valence-corrected chi connectivity index (χ1v) is 12.8. The van der Waals surface area contributed by atoms with Crippen LogP contribution in [0.3, 0.4) is 0 Å². The van der Waals surface area contributed by atoms with Crippen LogP contribution in [-0.4, -0.2) is 43.5 Å². The van der Waals surface area contributed by atoms with Crippen LogP contribution in [0.1, 0.15) is 5.56 Å². The first-order valence-electron chi connectivity index (χ1n) is 11.8. The van der Waals surface area contributed by atoms with E-state index < -0.39 is 0 Å². The highest BCUT2D eigenvalue weighted by Gasteiger charge is 2.19. The lowest BCUT2D eigenvalue weighted by atomic mass is 10.1. The molecule has 0 radical (unpaired) electrons. The largest absolute Gasteiger partial charge is 0.495 e. The number of rotatable bonds is 7.